The van der Waals surface area contributed by atoms with Crippen LogP contribution in [0, 0.1) is 5.92 Å². The smallest absolute Gasteiger partial charge is 0.317 e. The first kappa shape index (κ1) is 15.8. The first-order chi connectivity index (χ1) is 9.97. The second-order valence-electron chi connectivity index (χ2n) is 5.35. The van der Waals surface area contributed by atoms with Gasteiger partial charge in [-0.2, -0.15) is 0 Å². The molecule has 21 heavy (non-hydrogen) atoms. The van der Waals surface area contributed by atoms with Gasteiger partial charge < -0.3 is 15.3 Å². The van der Waals surface area contributed by atoms with Gasteiger partial charge in [-0.15, -0.1) is 0 Å². The largest absolute Gasteiger partial charge is 0.481 e. The molecule has 6 heteroatoms. The number of hydrogen-bond acceptors (Lipinski definition) is 2. The Hall–Kier alpha value is -1.56. The van der Waals surface area contributed by atoms with Crippen molar-refractivity contribution in [1.82, 2.24) is 10.2 Å². The number of carboxylic acid groups (broad SMARTS) is 1. The molecule has 0 spiro atoms. The van der Waals surface area contributed by atoms with E-state index in [9.17, 15) is 9.59 Å². The van der Waals surface area contributed by atoms with E-state index >= 15 is 0 Å². The van der Waals surface area contributed by atoms with Gasteiger partial charge in [0.2, 0.25) is 0 Å². The lowest BCUT2D eigenvalue weighted by Crippen LogP contribution is -2.47. The molecule has 5 nitrogen and oxygen atoms in total. The number of hydrogen-bond donors (Lipinski definition) is 2. The van der Waals surface area contributed by atoms with Crippen molar-refractivity contribution in [2.75, 3.05) is 13.1 Å². The summed E-state index contributed by atoms with van der Waals surface area (Å²) in [4.78, 5) is 24.9. The zero-order chi connectivity index (χ0) is 15.4. The summed E-state index contributed by atoms with van der Waals surface area (Å²) in [6, 6.07) is 7.45. The van der Waals surface area contributed by atoms with Crippen LogP contribution >= 0.6 is 15.9 Å². The number of nitrogens with one attached hydrogen (secondary N) is 1. The number of aliphatic carboxylic acids is 1. The van der Waals surface area contributed by atoms with Gasteiger partial charge in [0.25, 0.3) is 0 Å². The summed E-state index contributed by atoms with van der Waals surface area (Å²) in [6.07, 6.45) is 1.37. The molecule has 2 N–H and O–H groups in total. The summed E-state index contributed by atoms with van der Waals surface area (Å²) in [5, 5.41) is 12.0. The number of urea groups is 1. The van der Waals surface area contributed by atoms with Crippen LogP contribution in [0.3, 0.4) is 0 Å². The minimum atomic E-state index is -0.826. The van der Waals surface area contributed by atoms with Crippen molar-refractivity contribution < 1.29 is 14.7 Å². The second kappa shape index (κ2) is 6.93. The van der Waals surface area contributed by atoms with E-state index in [4.69, 9.17) is 5.11 Å². The number of carbonyl (C=O) groups excluding carboxylic acids is 1. The summed E-state index contributed by atoms with van der Waals surface area (Å²) >= 11 is 3.38. The Bertz CT molecular complexity index is 518. The number of rotatable bonds is 3. The minimum absolute atomic E-state index is 0.115. The van der Waals surface area contributed by atoms with Crippen LogP contribution in [0.15, 0.2) is 28.7 Å². The van der Waals surface area contributed by atoms with Crippen molar-refractivity contribution >= 4 is 27.9 Å². The molecule has 0 aromatic heterocycles. The maximum atomic E-state index is 12.2. The van der Waals surface area contributed by atoms with E-state index < -0.39 is 11.9 Å². The van der Waals surface area contributed by atoms with Crippen molar-refractivity contribution in [2.45, 2.75) is 25.8 Å². The van der Waals surface area contributed by atoms with Gasteiger partial charge in [-0.1, -0.05) is 28.1 Å². The molecule has 0 aliphatic carbocycles. The summed E-state index contributed by atoms with van der Waals surface area (Å²) < 4.78 is 0.991. The monoisotopic (exact) mass is 354 g/mol. The maximum Gasteiger partial charge on any atom is 0.317 e. The Balaban J connectivity index is 1.94. The molecule has 0 saturated carbocycles. The zero-order valence-electron chi connectivity index (χ0n) is 11.9. The molecule has 114 valence electrons. The summed E-state index contributed by atoms with van der Waals surface area (Å²) in [5.41, 5.74) is 1.01. The van der Waals surface area contributed by atoms with Crippen LogP contribution in [-0.2, 0) is 4.79 Å². The van der Waals surface area contributed by atoms with E-state index in [2.05, 4.69) is 21.2 Å². The Labute approximate surface area is 132 Å². The van der Waals surface area contributed by atoms with Gasteiger partial charge in [0, 0.05) is 17.6 Å². The van der Waals surface area contributed by atoms with Crippen LogP contribution in [0.1, 0.15) is 31.4 Å². The highest BCUT2D eigenvalue weighted by atomic mass is 79.9. The lowest BCUT2D eigenvalue weighted by molar-refractivity contribution is -0.143. The molecular weight excluding hydrogens is 336 g/mol. The Morgan fingerprint density at radius 2 is 2.05 bits per heavy atom. The fraction of sp³-hybridized carbons (Fsp3) is 0.467. The van der Waals surface area contributed by atoms with E-state index in [1.54, 1.807) is 4.90 Å². The molecule has 1 fully saturated rings. The van der Waals surface area contributed by atoms with Crippen LogP contribution in [0.5, 0.6) is 0 Å². The number of carbonyl (C=O) groups is 2. The fourth-order valence-electron chi connectivity index (χ4n) is 2.47. The highest BCUT2D eigenvalue weighted by Crippen LogP contribution is 2.19. The number of nitrogens with zero attached hydrogens (tertiary/aromatic N) is 1. The van der Waals surface area contributed by atoms with Crippen molar-refractivity contribution in [1.29, 1.82) is 0 Å². The molecule has 0 bridgehead atoms. The second-order valence-corrected chi connectivity index (χ2v) is 6.26. The summed E-state index contributed by atoms with van der Waals surface area (Å²) in [5.74, 6) is -1.28. The Kier molecular flexibility index (Phi) is 5.22. The molecular formula is C15H19BrN2O3. The van der Waals surface area contributed by atoms with Crippen LogP contribution in [0.2, 0.25) is 0 Å². The third kappa shape index (κ3) is 4.20. The summed E-state index contributed by atoms with van der Waals surface area (Å²) in [6.45, 7) is 2.82. The lowest BCUT2D eigenvalue weighted by atomic mass is 9.98. The Morgan fingerprint density at radius 3 is 2.67 bits per heavy atom. The first-order valence-corrected chi connectivity index (χ1v) is 7.80. The van der Waals surface area contributed by atoms with Gasteiger partial charge in [-0.25, -0.2) is 4.79 Å². The maximum absolute atomic E-state index is 12.2. The third-order valence-corrected chi connectivity index (χ3v) is 4.30. The lowest BCUT2D eigenvalue weighted by Gasteiger charge is -2.31. The highest BCUT2D eigenvalue weighted by molar-refractivity contribution is 9.10. The first-order valence-electron chi connectivity index (χ1n) is 7.01. The third-order valence-electron chi connectivity index (χ3n) is 3.77. The number of likely N-dealkylation sites (tertiary alicyclic amines) is 1. The van der Waals surface area contributed by atoms with Gasteiger partial charge in [-0.3, -0.25) is 4.79 Å². The predicted octanol–water partition coefficient (Wildman–Crippen LogP) is 3.02. The summed E-state index contributed by atoms with van der Waals surface area (Å²) in [7, 11) is 0. The average molecular weight is 355 g/mol. The van der Waals surface area contributed by atoms with Crippen LogP contribution in [0.4, 0.5) is 4.79 Å². The molecule has 1 saturated heterocycles. The van der Waals surface area contributed by atoms with Crippen LogP contribution < -0.4 is 5.32 Å². The average Bonchev–Trinajstić information content (AvgIpc) is 2.48. The van der Waals surface area contributed by atoms with Crippen LogP contribution in [0.25, 0.3) is 0 Å². The van der Waals surface area contributed by atoms with Gasteiger partial charge in [0.05, 0.1) is 12.0 Å². The quantitative estimate of drug-likeness (QED) is 0.876. The molecule has 1 aliphatic heterocycles. The molecule has 1 unspecified atom stereocenters. The molecule has 1 heterocycles. The standard InChI is InChI=1S/C15H19BrN2O3/c1-10(11-4-6-13(16)7-5-11)17-15(21)18-8-2-3-12(9-18)14(19)20/h4-7,10,12H,2-3,8-9H2,1H3,(H,17,21)(H,19,20)/t10-,12?/m0/s1. The molecule has 0 radical (unpaired) electrons. The van der Waals surface area contributed by atoms with E-state index in [-0.39, 0.29) is 18.6 Å². The van der Waals surface area contributed by atoms with Gasteiger partial charge in [0.15, 0.2) is 0 Å². The van der Waals surface area contributed by atoms with Gasteiger partial charge in [-0.05, 0) is 37.5 Å². The number of piperidine rings is 1. The predicted molar refractivity (Wildman–Crippen MR) is 83.0 cm³/mol. The van der Waals surface area contributed by atoms with Crippen molar-refractivity contribution in [3.63, 3.8) is 0 Å². The zero-order valence-corrected chi connectivity index (χ0v) is 13.5. The minimum Gasteiger partial charge on any atom is -0.481 e. The van der Waals surface area contributed by atoms with Crippen molar-refractivity contribution in [2.24, 2.45) is 5.92 Å². The highest BCUT2D eigenvalue weighted by Gasteiger charge is 2.28. The normalized spacial score (nSPS) is 19.9. The SMILES string of the molecule is C[C@H](NC(=O)N1CCCC(C(=O)O)C1)c1ccc(Br)cc1. The number of amides is 2. The van der Waals surface area contributed by atoms with Crippen LogP contribution in [-0.4, -0.2) is 35.1 Å². The molecule has 1 aliphatic rings. The number of halogens is 1. The molecule has 2 atom stereocenters. The molecule has 1 aromatic rings. The molecule has 2 amide bonds. The van der Waals surface area contributed by atoms with Gasteiger partial charge in [0.1, 0.15) is 0 Å². The molecule has 2 rings (SSSR count). The van der Waals surface area contributed by atoms with E-state index in [0.29, 0.717) is 13.0 Å². The number of carboxylic acids is 1. The van der Waals surface area contributed by atoms with E-state index in [0.717, 1.165) is 16.5 Å². The van der Waals surface area contributed by atoms with E-state index in [1.807, 2.05) is 31.2 Å². The van der Waals surface area contributed by atoms with Crippen molar-refractivity contribution in [3.8, 4) is 0 Å². The van der Waals surface area contributed by atoms with Crippen molar-refractivity contribution in [3.05, 3.63) is 34.3 Å². The van der Waals surface area contributed by atoms with Gasteiger partial charge >= 0.3 is 12.0 Å². The molecule has 1 aromatic carbocycles. The number of benzene rings is 1. The fourth-order valence-corrected chi connectivity index (χ4v) is 2.74. The Morgan fingerprint density at radius 1 is 1.38 bits per heavy atom. The topological polar surface area (TPSA) is 69.6 Å². The van der Waals surface area contributed by atoms with E-state index in [1.165, 1.54) is 0 Å².